The maximum absolute atomic E-state index is 14.1. The summed E-state index contributed by atoms with van der Waals surface area (Å²) >= 11 is 5.83. The fourth-order valence-corrected chi connectivity index (χ4v) is 2.60. The molecule has 1 aliphatic heterocycles. The summed E-state index contributed by atoms with van der Waals surface area (Å²) in [6.45, 7) is 1.62. The van der Waals surface area contributed by atoms with Crippen LogP contribution < -0.4 is 5.32 Å². The molecule has 1 atom stereocenters. The SMILES string of the molecule is FC(F)(CC1CCCNC1)c1ccccc1Cl. The zero-order chi connectivity index (χ0) is 12.3. The van der Waals surface area contributed by atoms with Crippen molar-refractivity contribution in [1.29, 1.82) is 0 Å². The highest BCUT2D eigenvalue weighted by atomic mass is 35.5. The zero-order valence-electron chi connectivity index (χ0n) is 9.56. The number of benzene rings is 1. The van der Waals surface area contributed by atoms with Gasteiger partial charge in [0.15, 0.2) is 0 Å². The van der Waals surface area contributed by atoms with E-state index in [1.165, 1.54) is 12.1 Å². The Kier molecular flexibility index (Phi) is 4.00. The first kappa shape index (κ1) is 12.8. The van der Waals surface area contributed by atoms with Gasteiger partial charge in [-0.25, -0.2) is 8.78 Å². The van der Waals surface area contributed by atoms with Crippen molar-refractivity contribution in [2.24, 2.45) is 5.92 Å². The van der Waals surface area contributed by atoms with E-state index >= 15 is 0 Å². The summed E-state index contributed by atoms with van der Waals surface area (Å²) in [5.41, 5.74) is -0.0489. The van der Waals surface area contributed by atoms with Gasteiger partial charge in [-0.15, -0.1) is 0 Å². The van der Waals surface area contributed by atoms with Gasteiger partial charge in [-0.05, 0) is 37.9 Å². The Balaban J connectivity index is 2.10. The van der Waals surface area contributed by atoms with Crippen molar-refractivity contribution in [2.45, 2.75) is 25.2 Å². The van der Waals surface area contributed by atoms with Gasteiger partial charge in [0, 0.05) is 17.0 Å². The largest absolute Gasteiger partial charge is 0.316 e. The molecule has 1 unspecified atom stereocenters. The Hall–Kier alpha value is -0.670. The molecule has 0 amide bonds. The van der Waals surface area contributed by atoms with Gasteiger partial charge < -0.3 is 5.32 Å². The highest BCUT2D eigenvalue weighted by molar-refractivity contribution is 6.31. The van der Waals surface area contributed by atoms with Gasteiger partial charge in [-0.2, -0.15) is 0 Å². The van der Waals surface area contributed by atoms with Crippen LogP contribution >= 0.6 is 11.6 Å². The molecule has 94 valence electrons. The monoisotopic (exact) mass is 259 g/mol. The number of nitrogens with one attached hydrogen (secondary N) is 1. The van der Waals surface area contributed by atoms with Gasteiger partial charge in [-0.1, -0.05) is 29.8 Å². The van der Waals surface area contributed by atoms with Gasteiger partial charge in [0.1, 0.15) is 0 Å². The Morgan fingerprint density at radius 2 is 2.12 bits per heavy atom. The van der Waals surface area contributed by atoms with E-state index < -0.39 is 5.92 Å². The quantitative estimate of drug-likeness (QED) is 0.870. The third kappa shape index (κ3) is 3.17. The third-order valence-electron chi connectivity index (χ3n) is 3.21. The number of hydrogen-bond donors (Lipinski definition) is 1. The summed E-state index contributed by atoms with van der Waals surface area (Å²) in [6.07, 6.45) is 1.72. The molecule has 1 saturated heterocycles. The second-order valence-corrected chi connectivity index (χ2v) is 5.01. The standard InChI is InChI=1S/C13H16ClF2N/c14-12-6-2-1-5-11(12)13(15,16)8-10-4-3-7-17-9-10/h1-2,5-6,10,17H,3-4,7-9H2. The van der Waals surface area contributed by atoms with Crippen LogP contribution in [-0.2, 0) is 5.92 Å². The Bertz CT molecular complexity index is 375. The average molecular weight is 260 g/mol. The lowest BCUT2D eigenvalue weighted by Crippen LogP contribution is -2.33. The Morgan fingerprint density at radius 1 is 1.35 bits per heavy atom. The molecular formula is C13H16ClF2N. The van der Waals surface area contributed by atoms with E-state index in [4.69, 9.17) is 11.6 Å². The van der Waals surface area contributed by atoms with Crippen molar-refractivity contribution in [3.8, 4) is 0 Å². The molecule has 1 nitrogen and oxygen atoms in total. The van der Waals surface area contributed by atoms with Crippen LogP contribution in [-0.4, -0.2) is 13.1 Å². The molecular weight excluding hydrogens is 244 g/mol. The molecule has 1 aromatic rings. The van der Waals surface area contributed by atoms with Crippen molar-refractivity contribution in [1.82, 2.24) is 5.32 Å². The zero-order valence-corrected chi connectivity index (χ0v) is 10.3. The molecule has 1 heterocycles. The van der Waals surface area contributed by atoms with Crippen LogP contribution in [0.25, 0.3) is 0 Å². The van der Waals surface area contributed by atoms with Gasteiger partial charge in [0.2, 0.25) is 0 Å². The van der Waals surface area contributed by atoms with Gasteiger partial charge in [-0.3, -0.25) is 0 Å². The lowest BCUT2D eigenvalue weighted by Gasteiger charge is -2.27. The molecule has 0 bridgehead atoms. The molecule has 1 aromatic carbocycles. The normalized spacial score (nSPS) is 21.5. The van der Waals surface area contributed by atoms with E-state index in [1.807, 2.05) is 0 Å². The van der Waals surface area contributed by atoms with Crippen LogP contribution in [0, 0.1) is 5.92 Å². The minimum absolute atomic E-state index is 0.0371. The third-order valence-corrected chi connectivity index (χ3v) is 3.54. The van der Waals surface area contributed by atoms with E-state index in [0.717, 1.165) is 19.4 Å². The highest BCUT2D eigenvalue weighted by Gasteiger charge is 2.36. The Morgan fingerprint density at radius 3 is 2.76 bits per heavy atom. The molecule has 0 saturated carbocycles. The number of piperidine rings is 1. The van der Waals surface area contributed by atoms with Crippen molar-refractivity contribution in [3.05, 3.63) is 34.9 Å². The molecule has 0 spiro atoms. The molecule has 2 rings (SSSR count). The lowest BCUT2D eigenvalue weighted by molar-refractivity contribution is -0.0316. The van der Waals surface area contributed by atoms with Crippen LogP contribution in [0.2, 0.25) is 5.02 Å². The molecule has 1 N–H and O–H groups in total. The first-order chi connectivity index (χ1) is 8.09. The minimum Gasteiger partial charge on any atom is -0.316 e. The van der Waals surface area contributed by atoms with Gasteiger partial charge in [0.05, 0.1) is 0 Å². The van der Waals surface area contributed by atoms with E-state index in [0.29, 0.717) is 6.54 Å². The lowest BCUT2D eigenvalue weighted by atomic mass is 9.90. The average Bonchev–Trinajstić information content (AvgIpc) is 2.30. The second-order valence-electron chi connectivity index (χ2n) is 4.60. The highest BCUT2D eigenvalue weighted by Crippen LogP contribution is 2.39. The first-order valence-corrected chi connectivity index (χ1v) is 6.31. The van der Waals surface area contributed by atoms with Crippen LogP contribution in [0.1, 0.15) is 24.8 Å². The van der Waals surface area contributed by atoms with E-state index in [1.54, 1.807) is 12.1 Å². The van der Waals surface area contributed by atoms with Crippen LogP contribution in [0.15, 0.2) is 24.3 Å². The molecule has 0 aromatic heterocycles. The predicted molar refractivity (Wildman–Crippen MR) is 65.6 cm³/mol. The molecule has 0 radical (unpaired) electrons. The summed E-state index contributed by atoms with van der Waals surface area (Å²) < 4.78 is 28.2. The van der Waals surface area contributed by atoms with Crippen molar-refractivity contribution in [3.63, 3.8) is 0 Å². The fraction of sp³-hybridized carbons (Fsp3) is 0.538. The molecule has 0 aliphatic carbocycles. The van der Waals surface area contributed by atoms with E-state index in [2.05, 4.69) is 5.32 Å². The first-order valence-electron chi connectivity index (χ1n) is 5.93. The number of hydrogen-bond acceptors (Lipinski definition) is 1. The van der Waals surface area contributed by atoms with E-state index in [9.17, 15) is 8.78 Å². The van der Waals surface area contributed by atoms with Gasteiger partial charge in [0.25, 0.3) is 5.92 Å². The number of halogens is 3. The Labute approximate surface area is 105 Å². The maximum atomic E-state index is 14.1. The van der Waals surface area contributed by atoms with E-state index in [-0.39, 0.29) is 22.9 Å². The molecule has 17 heavy (non-hydrogen) atoms. The minimum atomic E-state index is -2.83. The topological polar surface area (TPSA) is 12.0 Å². The van der Waals surface area contributed by atoms with Crippen LogP contribution in [0.3, 0.4) is 0 Å². The summed E-state index contributed by atoms with van der Waals surface area (Å²) in [5.74, 6) is -2.79. The fourth-order valence-electron chi connectivity index (χ4n) is 2.33. The maximum Gasteiger partial charge on any atom is 0.275 e. The van der Waals surface area contributed by atoms with Crippen LogP contribution in [0.5, 0.6) is 0 Å². The predicted octanol–water partition coefficient (Wildman–Crippen LogP) is 3.82. The summed E-state index contributed by atoms with van der Waals surface area (Å²) in [7, 11) is 0. The summed E-state index contributed by atoms with van der Waals surface area (Å²) in [5, 5.41) is 3.31. The molecule has 1 aliphatic rings. The summed E-state index contributed by atoms with van der Waals surface area (Å²) in [4.78, 5) is 0. The van der Waals surface area contributed by atoms with Crippen molar-refractivity contribution >= 4 is 11.6 Å². The smallest absolute Gasteiger partial charge is 0.275 e. The molecule has 4 heteroatoms. The van der Waals surface area contributed by atoms with Crippen molar-refractivity contribution in [2.75, 3.05) is 13.1 Å². The second kappa shape index (κ2) is 5.32. The number of rotatable bonds is 3. The van der Waals surface area contributed by atoms with Crippen LogP contribution in [0.4, 0.5) is 8.78 Å². The molecule has 1 fully saturated rings. The van der Waals surface area contributed by atoms with Gasteiger partial charge >= 0.3 is 0 Å². The number of alkyl halides is 2. The summed E-state index contributed by atoms with van der Waals surface area (Å²) in [6, 6.07) is 6.21. The van der Waals surface area contributed by atoms with Crippen molar-refractivity contribution < 1.29 is 8.78 Å².